The maximum Gasteiger partial charge on any atom is 0.500 e. The van der Waals surface area contributed by atoms with E-state index < -0.39 is 30.1 Å². The molecule has 4 nitrogen and oxygen atoms in total. The van der Waals surface area contributed by atoms with E-state index in [1.54, 1.807) is 13.8 Å². The molecule has 0 saturated carbocycles. The summed E-state index contributed by atoms with van der Waals surface area (Å²) < 4.78 is 56.2. The molecule has 0 atom stereocenters. The van der Waals surface area contributed by atoms with Crippen molar-refractivity contribution in [2.45, 2.75) is 65.0 Å². The Labute approximate surface area is 134 Å². The zero-order valence-corrected chi connectivity index (χ0v) is 14.1. The summed E-state index contributed by atoms with van der Waals surface area (Å²) in [4.78, 5) is 3.82. The SMILES string of the molecule is CC(C)Oc1ncc(C(F)(F)F)cc1B1OC(C)(C)C(C)(C)O1. The predicted octanol–water partition coefficient (Wildman–Crippen LogP) is 3.19. The Morgan fingerprint density at radius 1 is 1.13 bits per heavy atom. The maximum atomic E-state index is 13.0. The van der Waals surface area contributed by atoms with Crippen molar-refractivity contribution in [3.8, 4) is 5.88 Å². The highest BCUT2D eigenvalue weighted by Gasteiger charge is 2.53. The Bertz CT molecular complexity index is 572. The smallest absolute Gasteiger partial charge is 0.475 e. The minimum atomic E-state index is -4.50. The van der Waals surface area contributed by atoms with Crippen LogP contribution in [0.4, 0.5) is 13.2 Å². The number of pyridine rings is 1. The van der Waals surface area contributed by atoms with Gasteiger partial charge in [0.1, 0.15) is 0 Å². The van der Waals surface area contributed by atoms with E-state index in [4.69, 9.17) is 14.0 Å². The minimum Gasteiger partial charge on any atom is -0.475 e. The van der Waals surface area contributed by atoms with E-state index in [2.05, 4.69) is 4.98 Å². The van der Waals surface area contributed by atoms with E-state index in [1.807, 2.05) is 27.7 Å². The number of rotatable bonds is 3. The molecule has 0 spiro atoms. The molecule has 1 saturated heterocycles. The molecule has 0 amide bonds. The van der Waals surface area contributed by atoms with Gasteiger partial charge in [0.25, 0.3) is 0 Å². The van der Waals surface area contributed by atoms with Crippen molar-refractivity contribution in [2.75, 3.05) is 0 Å². The quantitative estimate of drug-likeness (QED) is 0.798. The first-order valence-electron chi connectivity index (χ1n) is 7.43. The van der Waals surface area contributed by atoms with Crippen LogP contribution in [0.3, 0.4) is 0 Å². The summed E-state index contributed by atoms with van der Waals surface area (Å²) in [6.45, 7) is 10.9. The van der Waals surface area contributed by atoms with Gasteiger partial charge in [0.05, 0.1) is 22.9 Å². The predicted molar refractivity (Wildman–Crippen MR) is 80.7 cm³/mol. The molecular formula is C15H21BF3NO3. The van der Waals surface area contributed by atoms with E-state index in [9.17, 15) is 13.2 Å². The molecule has 1 fully saturated rings. The molecule has 0 aliphatic carbocycles. The number of hydrogen-bond donors (Lipinski definition) is 0. The summed E-state index contributed by atoms with van der Waals surface area (Å²) in [6.07, 6.45) is -3.98. The maximum absolute atomic E-state index is 13.0. The topological polar surface area (TPSA) is 40.6 Å². The monoisotopic (exact) mass is 331 g/mol. The lowest BCUT2D eigenvalue weighted by Gasteiger charge is -2.32. The fourth-order valence-corrected chi connectivity index (χ4v) is 2.08. The normalized spacial score (nSPS) is 20.2. The highest BCUT2D eigenvalue weighted by Crippen LogP contribution is 2.37. The van der Waals surface area contributed by atoms with Crippen LogP contribution in [0.1, 0.15) is 47.1 Å². The second-order valence-corrected chi connectivity index (χ2v) is 6.87. The summed E-state index contributed by atoms with van der Waals surface area (Å²) in [5.74, 6) is 0.0894. The molecule has 1 aliphatic rings. The van der Waals surface area contributed by atoms with E-state index in [-0.39, 0.29) is 17.4 Å². The van der Waals surface area contributed by atoms with Crippen LogP contribution in [0.2, 0.25) is 0 Å². The number of ether oxygens (including phenoxy) is 1. The minimum absolute atomic E-state index is 0.0894. The first-order chi connectivity index (χ1) is 10.3. The van der Waals surface area contributed by atoms with Crippen molar-refractivity contribution < 1.29 is 27.2 Å². The van der Waals surface area contributed by atoms with E-state index in [1.165, 1.54) is 0 Å². The Hall–Kier alpha value is -1.28. The first kappa shape index (κ1) is 18.1. The number of hydrogen-bond acceptors (Lipinski definition) is 4. The lowest BCUT2D eigenvalue weighted by Crippen LogP contribution is -2.41. The van der Waals surface area contributed by atoms with Crippen molar-refractivity contribution >= 4 is 12.6 Å². The average Bonchev–Trinajstić information content (AvgIpc) is 2.56. The molecular weight excluding hydrogens is 310 g/mol. The van der Waals surface area contributed by atoms with Gasteiger partial charge in [0, 0.05) is 11.7 Å². The molecule has 0 radical (unpaired) electrons. The van der Waals surface area contributed by atoms with Gasteiger partial charge in [-0.05, 0) is 47.6 Å². The van der Waals surface area contributed by atoms with Gasteiger partial charge in [-0.2, -0.15) is 13.2 Å². The molecule has 128 valence electrons. The summed E-state index contributed by atoms with van der Waals surface area (Å²) in [5.41, 5.74) is -2.05. The molecule has 8 heteroatoms. The molecule has 23 heavy (non-hydrogen) atoms. The Balaban J connectivity index is 2.46. The summed E-state index contributed by atoms with van der Waals surface area (Å²) in [5, 5.41) is 0. The van der Waals surface area contributed by atoms with Crippen LogP contribution in [-0.2, 0) is 15.5 Å². The van der Waals surface area contributed by atoms with Gasteiger partial charge in [-0.25, -0.2) is 4.98 Å². The largest absolute Gasteiger partial charge is 0.500 e. The van der Waals surface area contributed by atoms with Crippen LogP contribution in [0, 0.1) is 0 Å². The lowest BCUT2D eigenvalue weighted by molar-refractivity contribution is -0.137. The summed E-state index contributed by atoms with van der Waals surface area (Å²) in [7, 11) is -0.969. The highest BCUT2D eigenvalue weighted by molar-refractivity contribution is 6.63. The highest BCUT2D eigenvalue weighted by atomic mass is 19.4. The number of halogens is 3. The molecule has 2 heterocycles. The molecule has 1 aromatic heterocycles. The summed E-state index contributed by atoms with van der Waals surface area (Å²) >= 11 is 0. The van der Waals surface area contributed by atoms with Crippen LogP contribution in [0.5, 0.6) is 5.88 Å². The Kier molecular flexibility index (Phi) is 4.45. The third-order valence-electron chi connectivity index (χ3n) is 4.06. The van der Waals surface area contributed by atoms with Gasteiger partial charge in [0.2, 0.25) is 5.88 Å². The van der Waals surface area contributed by atoms with Gasteiger partial charge < -0.3 is 14.0 Å². The molecule has 2 rings (SSSR count). The second-order valence-electron chi connectivity index (χ2n) is 6.87. The zero-order valence-electron chi connectivity index (χ0n) is 14.1. The van der Waals surface area contributed by atoms with E-state index in [0.29, 0.717) is 0 Å². The molecule has 0 N–H and O–H groups in total. The van der Waals surface area contributed by atoms with Crippen LogP contribution in [0.25, 0.3) is 0 Å². The number of aromatic nitrogens is 1. The van der Waals surface area contributed by atoms with Crippen LogP contribution in [-0.4, -0.2) is 29.4 Å². The zero-order chi connectivity index (χ0) is 17.6. The van der Waals surface area contributed by atoms with Gasteiger partial charge in [-0.3, -0.25) is 0 Å². The van der Waals surface area contributed by atoms with E-state index in [0.717, 1.165) is 12.3 Å². The van der Waals surface area contributed by atoms with E-state index >= 15 is 0 Å². The summed E-state index contributed by atoms with van der Waals surface area (Å²) in [6, 6.07) is 0.979. The number of alkyl halides is 3. The van der Waals surface area contributed by atoms with Crippen LogP contribution in [0.15, 0.2) is 12.3 Å². The van der Waals surface area contributed by atoms with Crippen molar-refractivity contribution in [2.24, 2.45) is 0 Å². The van der Waals surface area contributed by atoms with Gasteiger partial charge in [0.15, 0.2) is 0 Å². The Morgan fingerprint density at radius 3 is 2.09 bits per heavy atom. The molecule has 1 aliphatic heterocycles. The third kappa shape index (κ3) is 3.63. The van der Waals surface area contributed by atoms with Crippen molar-refractivity contribution in [1.29, 1.82) is 0 Å². The fraction of sp³-hybridized carbons (Fsp3) is 0.667. The number of nitrogens with zero attached hydrogens (tertiary/aromatic N) is 1. The van der Waals surface area contributed by atoms with Crippen molar-refractivity contribution in [1.82, 2.24) is 4.98 Å². The molecule has 0 bridgehead atoms. The molecule has 1 aromatic rings. The fourth-order valence-electron chi connectivity index (χ4n) is 2.08. The Morgan fingerprint density at radius 2 is 1.65 bits per heavy atom. The van der Waals surface area contributed by atoms with Crippen molar-refractivity contribution in [3.63, 3.8) is 0 Å². The van der Waals surface area contributed by atoms with Gasteiger partial charge >= 0.3 is 13.3 Å². The lowest BCUT2D eigenvalue weighted by atomic mass is 9.79. The van der Waals surface area contributed by atoms with Gasteiger partial charge in [-0.1, -0.05) is 0 Å². The van der Waals surface area contributed by atoms with Crippen molar-refractivity contribution in [3.05, 3.63) is 17.8 Å². The average molecular weight is 331 g/mol. The first-order valence-corrected chi connectivity index (χ1v) is 7.43. The standard InChI is InChI=1S/C15H21BF3NO3/c1-9(2)21-12-11(7-10(8-20-12)15(17,18)19)16-22-13(3,4)14(5,6)23-16/h7-9H,1-6H3. The third-order valence-corrected chi connectivity index (χ3v) is 4.06. The van der Waals surface area contributed by atoms with Crippen LogP contribution < -0.4 is 10.2 Å². The van der Waals surface area contributed by atoms with Gasteiger partial charge in [-0.15, -0.1) is 0 Å². The molecule has 0 aromatic carbocycles. The second kappa shape index (κ2) is 5.67. The van der Waals surface area contributed by atoms with Crippen LogP contribution >= 0.6 is 0 Å². The molecule has 0 unspecified atom stereocenters.